The first-order valence-electron chi connectivity index (χ1n) is 2.55. The molecule has 0 aromatic carbocycles. The van der Waals surface area contributed by atoms with Crippen molar-refractivity contribution in [1.29, 1.82) is 0 Å². The lowest BCUT2D eigenvalue weighted by Gasteiger charge is -1.92. The average molecular weight is 175 g/mol. The van der Waals surface area contributed by atoms with Crippen LogP contribution in [0.25, 0.3) is 6.08 Å². The summed E-state index contributed by atoms with van der Waals surface area (Å²) in [5, 5.41) is 0.470. The molecular weight excluding hydrogens is 171 g/mol. The van der Waals surface area contributed by atoms with Gasteiger partial charge in [0.1, 0.15) is 5.15 Å². The Labute approximate surface area is 68.5 Å². The highest BCUT2D eigenvalue weighted by atomic mass is 35.5. The molecule has 0 unspecified atom stereocenters. The fourth-order valence-corrected chi connectivity index (χ4v) is 0.935. The van der Waals surface area contributed by atoms with E-state index in [1.165, 1.54) is 0 Å². The van der Waals surface area contributed by atoms with Crippen LogP contribution in [0, 0.1) is 0 Å². The van der Waals surface area contributed by atoms with Crippen LogP contribution >= 0.6 is 23.2 Å². The van der Waals surface area contributed by atoms with Gasteiger partial charge in [-0.2, -0.15) is 0 Å². The second kappa shape index (κ2) is 2.99. The van der Waals surface area contributed by atoms with Crippen LogP contribution in [0.1, 0.15) is 5.69 Å². The molecule has 1 aromatic rings. The Hall–Kier alpha value is -0.600. The maximum absolute atomic E-state index is 5.55. The Morgan fingerprint density at radius 2 is 2.10 bits per heavy atom. The third-order valence-corrected chi connectivity index (χ3v) is 1.26. The molecule has 0 radical (unpaired) electrons. The van der Waals surface area contributed by atoms with Gasteiger partial charge in [-0.25, -0.2) is 9.97 Å². The highest BCUT2D eigenvalue weighted by Crippen LogP contribution is 2.10. The molecule has 1 rings (SSSR count). The van der Waals surface area contributed by atoms with E-state index in [1.54, 1.807) is 12.1 Å². The first-order valence-corrected chi connectivity index (χ1v) is 3.30. The Morgan fingerprint density at radius 1 is 1.40 bits per heavy atom. The van der Waals surface area contributed by atoms with Crippen molar-refractivity contribution in [3.63, 3.8) is 0 Å². The van der Waals surface area contributed by atoms with E-state index in [9.17, 15) is 0 Å². The Kier molecular flexibility index (Phi) is 2.25. The van der Waals surface area contributed by atoms with Crippen LogP contribution in [-0.4, -0.2) is 9.97 Å². The third kappa shape index (κ3) is 1.69. The lowest BCUT2D eigenvalue weighted by atomic mass is 10.4. The number of rotatable bonds is 1. The van der Waals surface area contributed by atoms with Gasteiger partial charge in [0.2, 0.25) is 5.28 Å². The van der Waals surface area contributed by atoms with Crippen molar-refractivity contribution in [2.24, 2.45) is 0 Å². The van der Waals surface area contributed by atoms with E-state index < -0.39 is 0 Å². The zero-order valence-electron chi connectivity index (χ0n) is 5.01. The highest BCUT2D eigenvalue weighted by molar-refractivity contribution is 6.31. The summed E-state index contributed by atoms with van der Waals surface area (Å²) in [7, 11) is 0. The second-order valence-electron chi connectivity index (χ2n) is 1.59. The van der Waals surface area contributed by atoms with Crippen molar-refractivity contribution in [2.45, 2.75) is 0 Å². The van der Waals surface area contributed by atoms with Crippen molar-refractivity contribution in [2.75, 3.05) is 0 Å². The van der Waals surface area contributed by atoms with E-state index in [0.29, 0.717) is 10.8 Å². The van der Waals surface area contributed by atoms with Gasteiger partial charge >= 0.3 is 0 Å². The smallest absolute Gasteiger partial charge is 0.218 e. The van der Waals surface area contributed by atoms with E-state index in [1.807, 2.05) is 0 Å². The van der Waals surface area contributed by atoms with E-state index in [2.05, 4.69) is 16.5 Å². The Morgan fingerprint density at radius 3 is 2.60 bits per heavy atom. The topological polar surface area (TPSA) is 25.8 Å². The van der Waals surface area contributed by atoms with Crippen LogP contribution in [0.2, 0.25) is 10.4 Å². The van der Waals surface area contributed by atoms with Crippen molar-refractivity contribution in [3.8, 4) is 0 Å². The predicted molar refractivity (Wildman–Crippen MR) is 42.1 cm³/mol. The summed E-state index contributed by atoms with van der Waals surface area (Å²) >= 11 is 11.0. The molecule has 0 saturated heterocycles. The molecule has 0 aliphatic carbocycles. The van der Waals surface area contributed by atoms with Gasteiger partial charge in [0, 0.05) is 6.07 Å². The van der Waals surface area contributed by atoms with Crippen LogP contribution in [0.5, 0.6) is 0 Å². The van der Waals surface area contributed by atoms with Crippen molar-refractivity contribution >= 4 is 29.3 Å². The first-order chi connectivity index (χ1) is 4.72. The molecule has 4 heteroatoms. The molecule has 1 heterocycles. The molecule has 0 saturated carbocycles. The maximum atomic E-state index is 5.55. The first kappa shape index (κ1) is 7.51. The van der Waals surface area contributed by atoms with Gasteiger partial charge in [-0.05, 0) is 17.7 Å². The lowest BCUT2D eigenvalue weighted by Crippen LogP contribution is -1.85. The van der Waals surface area contributed by atoms with Crippen molar-refractivity contribution in [1.82, 2.24) is 9.97 Å². The van der Waals surface area contributed by atoms with Gasteiger partial charge in [-0.3, -0.25) is 0 Å². The maximum Gasteiger partial charge on any atom is 0.224 e. The molecule has 0 N–H and O–H groups in total. The van der Waals surface area contributed by atoms with Crippen LogP contribution < -0.4 is 0 Å². The molecule has 0 fully saturated rings. The molecule has 0 aliphatic rings. The molecule has 1 aromatic heterocycles. The minimum Gasteiger partial charge on any atom is -0.218 e. The molecule has 0 aliphatic heterocycles. The summed E-state index contributed by atoms with van der Waals surface area (Å²) in [5.41, 5.74) is 0.630. The number of hydrogen-bond donors (Lipinski definition) is 0. The van der Waals surface area contributed by atoms with Gasteiger partial charge in [0.15, 0.2) is 0 Å². The second-order valence-corrected chi connectivity index (χ2v) is 2.31. The molecule has 0 bridgehead atoms. The van der Waals surface area contributed by atoms with Gasteiger partial charge in [-0.1, -0.05) is 18.2 Å². The van der Waals surface area contributed by atoms with Gasteiger partial charge in [0.05, 0.1) is 5.69 Å². The molecule has 2 nitrogen and oxygen atoms in total. The molecule has 0 amide bonds. The number of aromatic nitrogens is 2. The summed E-state index contributed by atoms with van der Waals surface area (Å²) < 4.78 is 0. The van der Waals surface area contributed by atoms with Gasteiger partial charge < -0.3 is 0 Å². The Balaban J connectivity index is 3.18. The summed E-state index contributed by atoms with van der Waals surface area (Å²) in [4.78, 5) is 7.46. The summed E-state index contributed by atoms with van der Waals surface area (Å²) in [6.45, 7) is 3.51. The lowest BCUT2D eigenvalue weighted by molar-refractivity contribution is 1.15. The highest BCUT2D eigenvalue weighted by Gasteiger charge is 1.95. The standard InChI is InChI=1S/C6H4Cl2N2/c1-2-4-3-5(7)10-6(8)9-4/h2-3H,1H2. The van der Waals surface area contributed by atoms with Crippen LogP contribution in [-0.2, 0) is 0 Å². The molecular formula is C6H4Cl2N2. The summed E-state index contributed by atoms with van der Waals surface area (Å²) in [6.07, 6.45) is 1.56. The Bertz CT molecular complexity index is 240. The minimum atomic E-state index is 0.141. The number of nitrogens with zero attached hydrogens (tertiary/aromatic N) is 2. The van der Waals surface area contributed by atoms with Crippen LogP contribution in [0.15, 0.2) is 12.6 Å². The summed E-state index contributed by atoms with van der Waals surface area (Å²) in [6, 6.07) is 1.58. The average Bonchev–Trinajstić information content (AvgIpc) is 1.85. The van der Waals surface area contributed by atoms with Crippen molar-refractivity contribution in [3.05, 3.63) is 28.8 Å². The fourth-order valence-electron chi connectivity index (χ4n) is 0.511. The van der Waals surface area contributed by atoms with Crippen LogP contribution in [0.3, 0.4) is 0 Å². The summed E-state index contributed by atoms with van der Waals surface area (Å²) in [5.74, 6) is 0. The third-order valence-electron chi connectivity index (χ3n) is 0.897. The molecule has 52 valence electrons. The normalized spacial score (nSPS) is 9.40. The number of hydrogen-bond acceptors (Lipinski definition) is 2. The quantitative estimate of drug-likeness (QED) is 0.483. The van der Waals surface area contributed by atoms with Crippen LogP contribution in [0.4, 0.5) is 0 Å². The van der Waals surface area contributed by atoms with Crippen molar-refractivity contribution < 1.29 is 0 Å². The molecule has 10 heavy (non-hydrogen) atoms. The zero-order chi connectivity index (χ0) is 7.56. The molecule has 0 spiro atoms. The minimum absolute atomic E-state index is 0.141. The largest absolute Gasteiger partial charge is 0.224 e. The van der Waals surface area contributed by atoms with Gasteiger partial charge in [-0.15, -0.1) is 0 Å². The van der Waals surface area contributed by atoms with E-state index >= 15 is 0 Å². The van der Waals surface area contributed by atoms with E-state index in [4.69, 9.17) is 23.2 Å². The van der Waals surface area contributed by atoms with E-state index in [-0.39, 0.29) is 5.28 Å². The molecule has 0 atom stereocenters. The SMILES string of the molecule is C=Cc1cc(Cl)nc(Cl)n1. The zero-order valence-corrected chi connectivity index (χ0v) is 6.52. The fraction of sp³-hybridized carbons (Fsp3) is 0. The van der Waals surface area contributed by atoms with Gasteiger partial charge in [0.25, 0.3) is 0 Å². The predicted octanol–water partition coefficient (Wildman–Crippen LogP) is 2.43. The van der Waals surface area contributed by atoms with E-state index in [0.717, 1.165) is 0 Å². The monoisotopic (exact) mass is 174 g/mol. The number of halogens is 2.